The van der Waals surface area contributed by atoms with E-state index in [0.29, 0.717) is 24.8 Å². The normalized spacial score (nSPS) is 21.8. The smallest absolute Gasteiger partial charge is 0.259 e. The van der Waals surface area contributed by atoms with E-state index in [4.69, 9.17) is 5.73 Å². The first kappa shape index (κ1) is 17.9. The summed E-state index contributed by atoms with van der Waals surface area (Å²) in [4.78, 5) is 18.0. The molecule has 1 aliphatic heterocycles. The van der Waals surface area contributed by atoms with Gasteiger partial charge in [0.05, 0.1) is 0 Å². The van der Waals surface area contributed by atoms with Gasteiger partial charge in [-0.05, 0) is 32.7 Å². The molecule has 2 atom stereocenters. The van der Waals surface area contributed by atoms with Crippen molar-refractivity contribution in [2.45, 2.75) is 37.8 Å². The summed E-state index contributed by atoms with van der Waals surface area (Å²) in [5.74, 6) is 0.899. The van der Waals surface area contributed by atoms with Crippen molar-refractivity contribution in [1.29, 1.82) is 0 Å². The lowest BCUT2D eigenvalue weighted by Crippen LogP contribution is -2.37. The molecular formula is C14H25N5O3S. The van der Waals surface area contributed by atoms with Crippen LogP contribution in [0.3, 0.4) is 0 Å². The minimum absolute atomic E-state index is 0.0253. The third-order valence-corrected chi connectivity index (χ3v) is 5.64. The minimum Gasteiger partial charge on any atom is -0.340 e. The van der Waals surface area contributed by atoms with Crippen molar-refractivity contribution in [3.8, 4) is 0 Å². The maximum Gasteiger partial charge on any atom is 0.259 e. The molecule has 1 saturated heterocycles. The van der Waals surface area contributed by atoms with Crippen molar-refractivity contribution in [3.05, 3.63) is 12.0 Å². The average Bonchev–Trinajstić information content (AvgIpc) is 3.02. The van der Waals surface area contributed by atoms with Gasteiger partial charge in [0.25, 0.3) is 10.0 Å². The molecule has 0 radical (unpaired) electrons. The van der Waals surface area contributed by atoms with Crippen LogP contribution in [-0.4, -0.2) is 54.5 Å². The van der Waals surface area contributed by atoms with Gasteiger partial charge < -0.3 is 15.2 Å². The van der Waals surface area contributed by atoms with Crippen molar-refractivity contribution in [2.24, 2.45) is 18.7 Å². The maximum absolute atomic E-state index is 12.2. The molecule has 1 aromatic heterocycles. The lowest BCUT2D eigenvalue weighted by molar-refractivity contribution is -0.131. The van der Waals surface area contributed by atoms with Gasteiger partial charge in [-0.15, -0.1) is 0 Å². The largest absolute Gasteiger partial charge is 0.340 e. The number of carbonyl (C=O) groups is 1. The van der Waals surface area contributed by atoms with Gasteiger partial charge in [0, 0.05) is 38.8 Å². The average molecular weight is 343 g/mol. The van der Waals surface area contributed by atoms with Gasteiger partial charge in [0.15, 0.2) is 5.03 Å². The Labute approximate surface area is 137 Å². The fraction of sp³-hybridized carbons (Fsp3) is 0.714. The van der Waals surface area contributed by atoms with E-state index in [0.717, 1.165) is 6.42 Å². The number of likely N-dealkylation sites (tertiary alicyclic amines) is 1. The highest BCUT2D eigenvalue weighted by Gasteiger charge is 2.31. The van der Waals surface area contributed by atoms with Crippen molar-refractivity contribution in [3.63, 3.8) is 0 Å². The summed E-state index contributed by atoms with van der Waals surface area (Å²) in [6, 6.07) is 0.158. The third-order valence-electron chi connectivity index (χ3n) is 4.31. The van der Waals surface area contributed by atoms with E-state index < -0.39 is 10.0 Å². The first-order valence-electron chi connectivity index (χ1n) is 7.73. The van der Waals surface area contributed by atoms with Crippen LogP contribution in [0.5, 0.6) is 0 Å². The fourth-order valence-corrected chi connectivity index (χ4v) is 3.89. The molecule has 1 aromatic rings. The first-order chi connectivity index (χ1) is 10.7. The Morgan fingerprint density at radius 1 is 1.52 bits per heavy atom. The number of sulfonamides is 1. The second kappa shape index (κ2) is 6.98. The quantitative estimate of drug-likeness (QED) is 0.730. The Balaban J connectivity index is 1.88. The molecule has 23 heavy (non-hydrogen) atoms. The van der Waals surface area contributed by atoms with Gasteiger partial charge in [-0.1, -0.05) is 0 Å². The third kappa shape index (κ3) is 4.10. The molecule has 0 aliphatic carbocycles. The van der Waals surface area contributed by atoms with Gasteiger partial charge in [0.1, 0.15) is 5.82 Å². The molecule has 0 saturated carbocycles. The number of nitrogens with one attached hydrogen (secondary N) is 1. The van der Waals surface area contributed by atoms with Crippen LogP contribution in [0, 0.1) is 12.8 Å². The van der Waals surface area contributed by atoms with Gasteiger partial charge in [-0.25, -0.2) is 18.1 Å². The highest BCUT2D eigenvalue weighted by Crippen LogP contribution is 2.22. The second-order valence-electron chi connectivity index (χ2n) is 6.12. The summed E-state index contributed by atoms with van der Waals surface area (Å²) >= 11 is 0. The standard InChI is InChI=1S/C14H25N5O3S/c1-10-6-12(7-15)8-19(10)14(20)4-5-16-23(21,22)13-9-18(3)11(2)17-13/h9-10,12,16H,4-8,15H2,1-3H3. The predicted molar refractivity (Wildman–Crippen MR) is 86.1 cm³/mol. The molecule has 8 nitrogen and oxygen atoms in total. The number of amides is 1. The van der Waals surface area contributed by atoms with Gasteiger partial charge >= 0.3 is 0 Å². The van der Waals surface area contributed by atoms with Gasteiger partial charge in [-0.2, -0.15) is 0 Å². The van der Waals surface area contributed by atoms with Crippen molar-refractivity contribution < 1.29 is 13.2 Å². The molecule has 2 unspecified atom stereocenters. The van der Waals surface area contributed by atoms with E-state index in [9.17, 15) is 13.2 Å². The molecule has 3 N–H and O–H groups in total. The highest BCUT2D eigenvalue weighted by atomic mass is 32.2. The molecule has 9 heteroatoms. The monoisotopic (exact) mass is 343 g/mol. The van der Waals surface area contributed by atoms with Gasteiger partial charge in [0.2, 0.25) is 5.91 Å². The summed E-state index contributed by atoms with van der Waals surface area (Å²) in [5, 5.41) is -0.0253. The number of imidazole rings is 1. The summed E-state index contributed by atoms with van der Waals surface area (Å²) in [6.45, 7) is 5.01. The highest BCUT2D eigenvalue weighted by molar-refractivity contribution is 7.89. The summed E-state index contributed by atoms with van der Waals surface area (Å²) in [7, 11) is -1.95. The van der Waals surface area contributed by atoms with Crippen LogP contribution in [0.25, 0.3) is 0 Å². The summed E-state index contributed by atoms with van der Waals surface area (Å²) in [6.07, 6.45) is 2.49. The number of rotatable bonds is 6. The van der Waals surface area contributed by atoms with Gasteiger partial charge in [-0.3, -0.25) is 4.79 Å². The number of aryl methyl sites for hydroxylation is 2. The Hall–Kier alpha value is -1.45. The number of hydrogen-bond acceptors (Lipinski definition) is 5. The molecule has 130 valence electrons. The lowest BCUT2D eigenvalue weighted by Gasteiger charge is -2.21. The van der Waals surface area contributed by atoms with Crippen molar-refractivity contribution >= 4 is 15.9 Å². The first-order valence-corrected chi connectivity index (χ1v) is 9.22. The van der Waals surface area contributed by atoms with Crippen LogP contribution in [0.15, 0.2) is 11.2 Å². The van der Waals surface area contributed by atoms with Crippen LogP contribution in [0.4, 0.5) is 0 Å². The second-order valence-corrected chi connectivity index (χ2v) is 7.83. The predicted octanol–water partition coefficient (Wildman–Crippen LogP) is -0.407. The lowest BCUT2D eigenvalue weighted by atomic mass is 10.1. The van der Waals surface area contributed by atoms with E-state index in [1.165, 1.54) is 6.20 Å². The van der Waals surface area contributed by atoms with E-state index in [2.05, 4.69) is 9.71 Å². The summed E-state index contributed by atoms with van der Waals surface area (Å²) in [5.41, 5.74) is 5.66. The number of nitrogens with zero attached hydrogens (tertiary/aromatic N) is 3. The molecule has 1 amide bonds. The van der Waals surface area contributed by atoms with E-state index in [-0.39, 0.29) is 29.9 Å². The van der Waals surface area contributed by atoms with E-state index in [1.807, 2.05) is 6.92 Å². The molecule has 0 spiro atoms. The Morgan fingerprint density at radius 3 is 2.74 bits per heavy atom. The molecule has 1 fully saturated rings. The molecular weight excluding hydrogens is 318 g/mol. The minimum atomic E-state index is -3.68. The molecule has 1 aliphatic rings. The van der Waals surface area contributed by atoms with Crippen LogP contribution in [-0.2, 0) is 21.9 Å². The zero-order chi connectivity index (χ0) is 17.2. The van der Waals surface area contributed by atoms with Crippen molar-refractivity contribution in [2.75, 3.05) is 19.6 Å². The van der Waals surface area contributed by atoms with Crippen LogP contribution >= 0.6 is 0 Å². The van der Waals surface area contributed by atoms with Crippen LogP contribution < -0.4 is 10.5 Å². The molecule has 2 heterocycles. The zero-order valence-electron chi connectivity index (χ0n) is 13.8. The fourth-order valence-electron chi connectivity index (χ4n) is 2.83. The Morgan fingerprint density at radius 2 is 2.22 bits per heavy atom. The van der Waals surface area contributed by atoms with Crippen LogP contribution in [0.1, 0.15) is 25.6 Å². The maximum atomic E-state index is 12.2. The number of nitrogens with two attached hydrogens (primary N) is 1. The SMILES string of the molecule is Cc1nc(S(=O)(=O)NCCC(=O)N2CC(CN)CC2C)cn1C. The zero-order valence-corrected chi connectivity index (χ0v) is 14.6. The Bertz CT molecular complexity index is 650. The molecule has 0 aromatic carbocycles. The molecule has 0 bridgehead atoms. The van der Waals surface area contributed by atoms with E-state index in [1.54, 1.807) is 23.4 Å². The Kier molecular flexibility index (Phi) is 5.43. The van der Waals surface area contributed by atoms with Crippen molar-refractivity contribution in [1.82, 2.24) is 19.2 Å². The van der Waals surface area contributed by atoms with Crippen LogP contribution in [0.2, 0.25) is 0 Å². The van der Waals surface area contributed by atoms with E-state index >= 15 is 0 Å². The number of aromatic nitrogens is 2. The molecule has 2 rings (SSSR count). The topological polar surface area (TPSA) is 110 Å². The number of hydrogen-bond donors (Lipinski definition) is 2. The number of carbonyl (C=O) groups excluding carboxylic acids is 1. The summed E-state index contributed by atoms with van der Waals surface area (Å²) < 4.78 is 28.3.